The fourth-order valence-corrected chi connectivity index (χ4v) is 7.12. The molecule has 0 unspecified atom stereocenters. The number of rotatable bonds is 7. The fourth-order valence-electron chi connectivity index (χ4n) is 7.12. The predicted molar refractivity (Wildman–Crippen MR) is 209 cm³/mol. The van der Waals surface area contributed by atoms with E-state index in [0.29, 0.717) is 0 Å². The van der Waals surface area contributed by atoms with Crippen LogP contribution in [0.4, 0.5) is 17.1 Å². The Morgan fingerprint density at radius 1 is 0.429 bits per heavy atom. The lowest BCUT2D eigenvalue weighted by Gasteiger charge is -2.26. The Bertz CT molecular complexity index is 2340. The molecular formula is C47H40N2. The van der Waals surface area contributed by atoms with E-state index in [9.17, 15) is 0 Å². The molecule has 2 nitrogen and oxygen atoms in total. The molecule has 0 saturated carbocycles. The van der Waals surface area contributed by atoms with Gasteiger partial charge in [0.1, 0.15) is 0 Å². The van der Waals surface area contributed by atoms with Crippen LogP contribution in [-0.2, 0) is 5.41 Å². The lowest BCUT2D eigenvalue weighted by atomic mass is 9.78. The third-order valence-electron chi connectivity index (χ3n) is 10.0. The normalized spacial score (nSPS) is 11.7. The summed E-state index contributed by atoms with van der Waals surface area (Å²) in [7, 11) is 0. The van der Waals surface area contributed by atoms with Gasteiger partial charge in [-0.1, -0.05) is 128 Å². The van der Waals surface area contributed by atoms with E-state index in [-0.39, 0.29) is 5.41 Å². The number of benzene rings is 7. The van der Waals surface area contributed by atoms with Crippen LogP contribution in [0.15, 0.2) is 170 Å². The van der Waals surface area contributed by atoms with E-state index in [1.807, 2.05) is 0 Å². The number of aryl methyl sites for hydroxylation is 2. The van der Waals surface area contributed by atoms with Gasteiger partial charge < -0.3 is 9.47 Å². The maximum Gasteiger partial charge on any atom is 0.0542 e. The molecule has 0 atom stereocenters. The van der Waals surface area contributed by atoms with Crippen LogP contribution < -0.4 is 4.90 Å². The summed E-state index contributed by atoms with van der Waals surface area (Å²) in [5.41, 5.74) is 14.4. The van der Waals surface area contributed by atoms with Gasteiger partial charge in [-0.05, 0) is 103 Å². The first-order valence-electron chi connectivity index (χ1n) is 17.1. The van der Waals surface area contributed by atoms with E-state index in [0.717, 1.165) is 22.7 Å². The van der Waals surface area contributed by atoms with Gasteiger partial charge in [0.05, 0.1) is 11.0 Å². The summed E-state index contributed by atoms with van der Waals surface area (Å²) in [4.78, 5) is 2.36. The van der Waals surface area contributed by atoms with Crippen molar-refractivity contribution >= 4 is 38.9 Å². The Morgan fingerprint density at radius 3 is 1.51 bits per heavy atom. The number of aromatic nitrogens is 1. The molecule has 0 aliphatic rings. The molecule has 0 radical (unpaired) electrons. The summed E-state index contributed by atoms with van der Waals surface area (Å²) in [5, 5.41) is 2.46. The van der Waals surface area contributed by atoms with E-state index in [1.54, 1.807) is 0 Å². The summed E-state index contributed by atoms with van der Waals surface area (Å²) in [6.07, 6.45) is 0. The highest BCUT2D eigenvalue weighted by atomic mass is 15.1. The topological polar surface area (TPSA) is 8.17 Å². The molecule has 0 amide bonds. The van der Waals surface area contributed by atoms with E-state index < -0.39 is 0 Å². The van der Waals surface area contributed by atoms with Crippen molar-refractivity contribution in [1.29, 1.82) is 0 Å². The summed E-state index contributed by atoms with van der Waals surface area (Å²) >= 11 is 0. The van der Waals surface area contributed by atoms with Gasteiger partial charge in [0.25, 0.3) is 0 Å². The molecule has 0 aliphatic heterocycles. The van der Waals surface area contributed by atoms with Gasteiger partial charge in [-0.15, -0.1) is 0 Å². The molecule has 0 spiro atoms. The van der Waals surface area contributed by atoms with Gasteiger partial charge in [-0.25, -0.2) is 0 Å². The van der Waals surface area contributed by atoms with Crippen LogP contribution in [0, 0.1) is 13.8 Å². The lowest BCUT2D eigenvalue weighted by Crippen LogP contribution is -2.18. The Labute approximate surface area is 289 Å². The average Bonchev–Trinajstić information content (AvgIpc) is 3.47. The Kier molecular flexibility index (Phi) is 7.65. The van der Waals surface area contributed by atoms with Gasteiger partial charge >= 0.3 is 0 Å². The molecule has 0 N–H and O–H groups in total. The molecule has 0 bridgehead atoms. The number of hydrogen-bond acceptors (Lipinski definition) is 1. The van der Waals surface area contributed by atoms with Crippen LogP contribution in [0.2, 0.25) is 0 Å². The summed E-state index contributed by atoms with van der Waals surface area (Å²) in [6.45, 7) is 8.89. The third-order valence-corrected chi connectivity index (χ3v) is 10.0. The Hall–Kier alpha value is -5.86. The van der Waals surface area contributed by atoms with Crippen LogP contribution in [0.3, 0.4) is 0 Å². The van der Waals surface area contributed by atoms with Gasteiger partial charge in [-0.3, -0.25) is 0 Å². The molecule has 1 heterocycles. The minimum absolute atomic E-state index is 0.102. The second kappa shape index (κ2) is 12.3. The highest BCUT2D eigenvalue weighted by Crippen LogP contribution is 2.41. The quantitative estimate of drug-likeness (QED) is 0.170. The fraction of sp³-hybridized carbons (Fsp3) is 0.106. The molecule has 7 aromatic carbocycles. The van der Waals surface area contributed by atoms with E-state index >= 15 is 0 Å². The minimum Gasteiger partial charge on any atom is -0.310 e. The van der Waals surface area contributed by atoms with Gasteiger partial charge in [0, 0.05) is 38.9 Å². The standard InChI is InChI=1S/C47H40N2/c1-33-15-22-39(23-16-33)48(40-24-17-34(2)18-25-40)42-28-30-46-44(32-42)43-31-36(35-11-7-5-8-12-35)19-29-45(43)49(46)41-26-20-38(21-27-41)47(3,4)37-13-9-6-10-14-37/h5-32H,1-4H3. The monoisotopic (exact) mass is 632 g/mol. The summed E-state index contributed by atoms with van der Waals surface area (Å²) in [5.74, 6) is 0. The molecular weight excluding hydrogens is 593 g/mol. The second-order valence-electron chi connectivity index (χ2n) is 13.7. The van der Waals surface area contributed by atoms with Crippen LogP contribution in [0.25, 0.3) is 38.6 Å². The molecule has 0 saturated heterocycles. The zero-order valence-corrected chi connectivity index (χ0v) is 28.6. The van der Waals surface area contributed by atoms with Crippen molar-refractivity contribution in [3.8, 4) is 16.8 Å². The maximum absolute atomic E-state index is 2.42. The van der Waals surface area contributed by atoms with Gasteiger partial charge in [-0.2, -0.15) is 0 Å². The summed E-state index contributed by atoms with van der Waals surface area (Å²) in [6, 6.07) is 62.1. The second-order valence-corrected chi connectivity index (χ2v) is 13.7. The van der Waals surface area contributed by atoms with Gasteiger partial charge in [0.2, 0.25) is 0 Å². The minimum atomic E-state index is -0.102. The first-order valence-corrected chi connectivity index (χ1v) is 17.1. The first kappa shape index (κ1) is 30.5. The van der Waals surface area contributed by atoms with Crippen molar-refractivity contribution in [3.05, 3.63) is 192 Å². The predicted octanol–water partition coefficient (Wildman–Crippen LogP) is 12.9. The SMILES string of the molecule is Cc1ccc(N(c2ccc(C)cc2)c2ccc3c(c2)c2cc(-c4ccccc4)ccc2n3-c2ccc(C(C)(C)c3ccccc3)cc2)cc1. The molecule has 2 heteroatoms. The molecule has 1 aromatic heterocycles. The number of anilines is 3. The summed E-state index contributed by atoms with van der Waals surface area (Å²) < 4.78 is 2.42. The Morgan fingerprint density at radius 2 is 0.918 bits per heavy atom. The van der Waals surface area contributed by atoms with E-state index in [4.69, 9.17) is 0 Å². The average molecular weight is 633 g/mol. The van der Waals surface area contributed by atoms with Crippen molar-refractivity contribution in [2.45, 2.75) is 33.1 Å². The molecule has 0 aliphatic carbocycles. The van der Waals surface area contributed by atoms with Crippen molar-refractivity contribution in [2.24, 2.45) is 0 Å². The molecule has 49 heavy (non-hydrogen) atoms. The van der Waals surface area contributed by atoms with Crippen LogP contribution in [0.1, 0.15) is 36.1 Å². The smallest absolute Gasteiger partial charge is 0.0542 e. The first-order chi connectivity index (χ1) is 23.9. The zero-order valence-electron chi connectivity index (χ0n) is 28.6. The van der Waals surface area contributed by atoms with E-state index in [1.165, 1.54) is 55.2 Å². The van der Waals surface area contributed by atoms with Crippen LogP contribution >= 0.6 is 0 Å². The maximum atomic E-state index is 2.42. The van der Waals surface area contributed by atoms with Gasteiger partial charge in [0.15, 0.2) is 0 Å². The molecule has 238 valence electrons. The van der Waals surface area contributed by atoms with Crippen LogP contribution in [-0.4, -0.2) is 4.57 Å². The van der Waals surface area contributed by atoms with Crippen molar-refractivity contribution in [2.75, 3.05) is 4.90 Å². The zero-order chi connectivity index (χ0) is 33.5. The Balaban J connectivity index is 1.32. The highest BCUT2D eigenvalue weighted by Gasteiger charge is 2.23. The number of fused-ring (bicyclic) bond motifs is 3. The van der Waals surface area contributed by atoms with Crippen molar-refractivity contribution in [3.63, 3.8) is 0 Å². The van der Waals surface area contributed by atoms with E-state index in [2.05, 4.69) is 207 Å². The molecule has 8 aromatic rings. The molecule has 0 fully saturated rings. The van der Waals surface area contributed by atoms with Crippen molar-refractivity contribution in [1.82, 2.24) is 4.57 Å². The molecule has 8 rings (SSSR count). The third kappa shape index (κ3) is 5.60. The van der Waals surface area contributed by atoms with Crippen molar-refractivity contribution < 1.29 is 0 Å². The van der Waals surface area contributed by atoms with Crippen LogP contribution in [0.5, 0.6) is 0 Å². The number of hydrogen-bond donors (Lipinski definition) is 0. The highest BCUT2D eigenvalue weighted by molar-refractivity contribution is 6.11. The number of nitrogens with zero attached hydrogens (tertiary/aromatic N) is 2. The lowest BCUT2D eigenvalue weighted by molar-refractivity contribution is 0.641. The largest absolute Gasteiger partial charge is 0.310 e.